The van der Waals surface area contributed by atoms with Crippen molar-refractivity contribution in [2.45, 2.75) is 30.5 Å². The first-order valence-corrected chi connectivity index (χ1v) is 10.8. The number of halogens is 1. The maximum absolute atomic E-state index is 13.5. The van der Waals surface area contributed by atoms with E-state index >= 15 is 0 Å². The number of thiazole rings is 1. The minimum atomic E-state index is -3.51. The van der Waals surface area contributed by atoms with E-state index in [-0.39, 0.29) is 17.0 Å². The maximum atomic E-state index is 13.5. The molecule has 3 aromatic rings. The first-order chi connectivity index (χ1) is 13.2. The third-order valence-corrected chi connectivity index (χ3v) is 7.31. The Morgan fingerprint density at radius 3 is 2.71 bits per heavy atom. The summed E-state index contributed by atoms with van der Waals surface area (Å²) < 4.78 is 40.5. The number of hydrogen-bond donors (Lipinski definition) is 0. The molecule has 3 rings (SSSR count). The van der Waals surface area contributed by atoms with Gasteiger partial charge in [-0.2, -0.15) is 4.99 Å². The molecule has 1 heterocycles. The molecule has 0 fully saturated rings. The zero-order chi connectivity index (χ0) is 20.5. The number of terminal acetylenes is 1. The molecule has 1 amide bonds. The molecule has 0 bridgehead atoms. The smallest absolute Gasteiger partial charge is 0.279 e. The quantitative estimate of drug-likeness (QED) is 0.612. The topological polar surface area (TPSA) is 68.5 Å². The molecule has 0 aliphatic heterocycles. The first-order valence-electron chi connectivity index (χ1n) is 8.39. The zero-order valence-corrected chi connectivity index (χ0v) is 16.8. The van der Waals surface area contributed by atoms with E-state index in [4.69, 9.17) is 6.42 Å². The summed E-state index contributed by atoms with van der Waals surface area (Å²) in [6, 6.07) is 10.0. The molecule has 2 aromatic carbocycles. The molecule has 0 aliphatic carbocycles. The van der Waals surface area contributed by atoms with Gasteiger partial charge in [-0.25, -0.2) is 12.8 Å². The Bertz CT molecular complexity index is 1280. The van der Waals surface area contributed by atoms with Crippen LogP contribution in [0.3, 0.4) is 0 Å². The van der Waals surface area contributed by atoms with E-state index < -0.39 is 26.8 Å². The highest BCUT2D eigenvalue weighted by Crippen LogP contribution is 2.20. The number of fused-ring (bicyclic) bond motifs is 1. The first kappa shape index (κ1) is 20.0. The molecule has 144 valence electrons. The SMILES string of the molecule is C#CCn1c(=NC(=O)c2cccc(S(=O)(=O)C(C)C)c2)sc2cc(F)ccc21. The number of sulfone groups is 1. The Hall–Kier alpha value is -2.76. The zero-order valence-electron chi connectivity index (χ0n) is 15.2. The van der Waals surface area contributed by atoms with Gasteiger partial charge in [-0.05, 0) is 50.2 Å². The molecule has 5 nitrogen and oxygen atoms in total. The third-order valence-electron chi connectivity index (χ3n) is 4.12. The van der Waals surface area contributed by atoms with Gasteiger partial charge >= 0.3 is 0 Å². The summed E-state index contributed by atoms with van der Waals surface area (Å²) in [6.07, 6.45) is 5.41. The van der Waals surface area contributed by atoms with Gasteiger partial charge in [0.1, 0.15) is 5.82 Å². The van der Waals surface area contributed by atoms with Crippen LogP contribution in [0.15, 0.2) is 52.4 Å². The van der Waals surface area contributed by atoms with Crippen LogP contribution < -0.4 is 4.80 Å². The van der Waals surface area contributed by atoms with Crippen LogP contribution in [0.2, 0.25) is 0 Å². The van der Waals surface area contributed by atoms with Crippen LogP contribution in [0, 0.1) is 18.2 Å². The summed E-state index contributed by atoms with van der Waals surface area (Å²) in [5.41, 5.74) is 0.824. The van der Waals surface area contributed by atoms with Crippen LogP contribution in [0.25, 0.3) is 10.2 Å². The van der Waals surface area contributed by atoms with Crippen molar-refractivity contribution >= 4 is 37.3 Å². The molecule has 0 aliphatic rings. The summed E-state index contributed by atoms with van der Waals surface area (Å²) >= 11 is 1.14. The van der Waals surface area contributed by atoms with Gasteiger partial charge in [-0.1, -0.05) is 23.3 Å². The van der Waals surface area contributed by atoms with Gasteiger partial charge < -0.3 is 4.57 Å². The third kappa shape index (κ3) is 3.77. The van der Waals surface area contributed by atoms with Gasteiger partial charge in [0.15, 0.2) is 14.6 Å². The highest BCUT2D eigenvalue weighted by molar-refractivity contribution is 7.92. The fourth-order valence-corrected chi connectivity index (χ4v) is 4.76. The number of nitrogens with zero attached hydrogens (tertiary/aromatic N) is 2. The van der Waals surface area contributed by atoms with Crippen LogP contribution in [0.4, 0.5) is 4.39 Å². The van der Waals surface area contributed by atoms with E-state index in [2.05, 4.69) is 10.9 Å². The van der Waals surface area contributed by atoms with Crippen LogP contribution in [0.1, 0.15) is 24.2 Å². The Balaban J connectivity index is 2.11. The predicted octanol–water partition coefficient (Wildman–Crippen LogP) is 3.40. The summed E-state index contributed by atoms with van der Waals surface area (Å²) in [6.45, 7) is 3.32. The van der Waals surface area contributed by atoms with Crippen molar-refractivity contribution in [1.29, 1.82) is 0 Å². The molecule has 0 N–H and O–H groups in total. The molecule has 1 aromatic heterocycles. The van der Waals surface area contributed by atoms with E-state index in [0.29, 0.717) is 15.0 Å². The number of aromatic nitrogens is 1. The Morgan fingerprint density at radius 2 is 2.04 bits per heavy atom. The van der Waals surface area contributed by atoms with E-state index in [9.17, 15) is 17.6 Å². The fraction of sp³-hybridized carbons (Fsp3) is 0.200. The molecular weight excluding hydrogens is 399 g/mol. The van der Waals surface area contributed by atoms with Gasteiger partial charge in [0.05, 0.1) is 26.9 Å². The lowest BCUT2D eigenvalue weighted by Crippen LogP contribution is -2.17. The minimum Gasteiger partial charge on any atom is -0.305 e. The molecule has 0 saturated carbocycles. The lowest BCUT2D eigenvalue weighted by Gasteiger charge is -2.08. The Labute approximate surface area is 166 Å². The summed E-state index contributed by atoms with van der Waals surface area (Å²) in [4.78, 5) is 17.2. The van der Waals surface area contributed by atoms with Crippen LogP contribution >= 0.6 is 11.3 Å². The van der Waals surface area contributed by atoms with Crippen molar-refractivity contribution in [3.8, 4) is 12.3 Å². The summed E-state index contributed by atoms with van der Waals surface area (Å²) in [7, 11) is -3.51. The second-order valence-corrected chi connectivity index (χ2v) is 9.84. The second-order valence-electron chi connectivity index (χ2n) is 6.33. The molecule has 8 heteroatoms. The average Bonchev–Trinajstić information content (AvgIpc) is 2.98. The lowest BCUT2D eigenvalue weighted by molar-refractivity contribution is 0.0997. The number of carbonyl (C=O) groups excluding carboxylic acids is 1. The number of benzene rings is 2. The number of rotatable bonds is 4. The van der Waals surface area contributed by atoms with Crippen molar-refractivity contribution in [2.75, 3.05) is 0 Å². The number of amides is 1. The molecule has 0 unspecified atom stereocenters. The molecule has 28 heavy (non-hydrogen) atoms. The summed E-state index contributed by atoms with van der Waals surface area (Å²) in [5, 5.41) is -0.606. The van der Waals surface area contributed by atoms with Gasteiger partial charge in [-0.3, -0.25) is 4.79 Å². The van der Waals surface area contributed by atoms with Crippen LogP contribution in [-0.4, -0.2) is 24.1 Å². The van der Waals surface area contributed by atoms with Gasteiger partial charge in [0.2, 0.25) is 0 Å². The van der Waals surface area contributed by atoms with Gasteiger partial charge in [-0.15, -0.1) is 6.42 Å². The molecule has 0 radical (unpaired) electrons. The highest BCUT2D eigenvalue weighted by atomic mass is 32.2. The lowest BCUT2D eigenvalue weighted by atomic mass is 10.2. The summed E-state index contributed by atoms with van der Waals surface area (Å²) in [5.74, 6) is 1.50. The molecule has 0 saturated heterocycles. The predicted molar refractivity (Wildman–Crippen MR) is 107 cm³/mol. The normalized spacial score (nSPS) is 12.5. The molecule has 0 spiro atoms. The highest BCUT2D eigenvalue weighted by Gasteiger charge is 2.20. The Morgan fingerprint density at radius 1 is 1.29 bits per heavy atom. The van der Waals surface area contributed by atoms with Crippen LogP contribution in [-0.2, 0) is 16.4 Å². The monoisotopic (exact) mass is 416 g/mol. The van der Waals surface area contributed by atoms with Crippen molar-refractivity contribution in [3.05, 3.63) is 58.6 Å². The number of carbonyl (C=O) groups is 1. The standard InChI is InChI=1S/C20H17FN2O3S2/c1-4-10-23-17-9-8-15(21)12-18(17)27-20(23)22-19(24)14-6-5-7-16(11-14)28(25,26)13(2)3/h1,5-9,11-13H,10H2,2-3H3. The molecule has 0 atom stereocenters. The van der Waals surface area contributed by atoms with Crippen molar-refractivity contribution < 1.29 is 17.6 Å². The van der Waals surface area contributed by atoms with Crippen LogP contribution in [0.5, 0.6) is 0 Å². The van der Waals surface area contributed by atoms with Crippen molar-refractivity contribution in [2.24, 2.45) is 4.99 Å². The van der Waals surface area contributed by atoms with E-state index in [1.807, 2.05) is 0 Å². The average molecular weight is 416 g/mol. The van der Waals surface area contributed by atoms with Crippen molar-refractivity contribution in [3.63, 3.8) is 0 Å². The fourth-order valence-electron chi connectivity index (χ4n) is 2.61. The largest absolute Gasteiger partial charge is 0.305 e. The number of hydrogen-bond acceptors (Lipinski definition) is 4. The van der Waals surface area contributed by atoms with E-state index in [0.717, 1.165) is 11.3 Å². The van der Waals surface area contributed by atoms with E-state index in [1.165, 1.54) is 36.4 Å². The van der Waals surface area contributed by atoms with E-state index in [1.54, 1.807) is 24.5 Å². The van der Waals surface area contributed by atoms with Gasteiger partial charge in [0, 0.05) is 5.56 Å². The van der Waals surface area contributed by atoms with Crippen molar-refractivity contribution in [1.82, 2.24) is 4.57 Å². The van der Waals surface area contributed by atoms with Gasteiger partial charge in [0.25, 0.3) is 5.91 Å². The minimum absolute atomic E-state index is 0.0680. The second kappa shape index (κ2) is 7.70. The maximum Gasteiger partial charge on any atom is 0.279 e. The Kier molecular flexibility index (Phi) is 5.49. The molecular formula is C20H17FN2O3S2.